The predicted molar refractivity (Wildman–Crippen MR) is 38.6 cm³/mol. The normalized spacial score (nSPS) is 7.67. The van der Waals surface area contributed by atoms with E-state index in [0.29, 0.717) is 0 Å². The first-order valence-corrected chi connectivity index (χ1v) is 2.89. The Kier molecular flexibility index (Phi) is 2.12. The Hall–Kier alpha value is -1.00. The van der Waals surface area contributed by atoms with Gasteiger partial charge in [0, 0.05) is 0 Å². The molecule has 9 heavy (non-hydrogen) atoms. The Morgan fingerprint density at radius 3 is 2.44 bits per heavy atom. The van der Waals surface area contributed by atoms with Crippen molar-refractivity contribution in [1.29, 1.82) is 0 Å². The SMILES string of the molecule is Cl[N+]#Cc1ccccc1. The van der Waals surface area contributed by atoms with Gasteiger partial charge in [-0.2, -0.15) is 0 Å². The predicted octanol–water partition coefficient (Wildman–Crippen LogP) is 2.52. The van der Waals surface area contributed by atoms with Crippen molar-refractivity contribution in [2.24, 2.45) is 0 Å². The van der Waals surface area contributed by atoms with Crippen molar-refractivity contribution < 1.29 is 0 Å². The van der Waals surface area contributed by atoms with Gasteiger partial charge < -0.3 is 0 Å². The van der Waals surface area contributed by atoms with Gasteiger partial charge in [0.1, 0.15) is 5.56 Å². The van der Waals surface area contributed by atoms with Crippen molar-refractivity contribution in [3.8, 4) is 6.07 Å². The van der Waals surface area contributed by atoms with Crippen LogP contribution in [0.2, 0.25) is 0 Å². The molecular formula is C7H5ClN+. The number of halogens is 1. The summed E-state index contributed by atoms with van der Waals surface area (Å²) in [5.74, 6) is 0. The first-order chi connectivity index (χ1) is 4.43. The molecule has 0 N–H and O–H groups in total. The molecule has 0 aromatic heterocycles. The molecule has 0 aliphatic carbocycles. The zero-order valence-electron chi connectivity index (χ0n) is 4.71. The van der Waals surface area contributed by atoms with Gasteiger partial charge in [-0.25, -0.2) is 0 Å². The molecule has 0 aliphatic heterocycles. The van der Waals surface area contributed by atoms with E-state index in [1.807, 2.05) is 30.3 Å². The molecular weight excluding hydrogens is 134 g/mol. The van der Waals surface area contributed by atoms with Crippen molar-refractivity contribution in [3.05, 3.63) is 40.3 Å². The largest absolute Gasteiger partial charge is 0.426 e. The van der Waals surface area contributed by atoms with Crippen LogP contribution in [0.3, 0.4) is 0 Å². The number of benzene rings is 1. The van der Waals surface area contributed by atoms with Crippen LogP contribution in [0.5, 0.6) is 0 Å². The molecule has 0 saturated heterocycles. The van der Waals surface area contributed by atoms with Crippen molar-refractivity contribution >= 4 is 11.8 Å². The van der Waals surface area contributed by atoms with E-state index >= 15 is 0 Å². The molecule has 0 atom stereocenters. The second-order valence-electron chi connectivity index (χ2n) is 1.56. The fourth-order valence-electron chi connectivity index (χ4n) is 0.561. The van der Waals surface area contributed by atoms with E-state index in [1.165, 1.54) is 0 Å². The average Bonchev–Trinajstić information content (AvgIpc) is 1.91. The molecule has 0 saturated carbocycles. The van der Waals surface area contributed by atoms with Gasteiger partial charge in [0.05, 0.1) is 4.36 Å². The van der Waals surface area contributed by atoms with Crippen LogP contribution < -0.4 is 0 Å². The van der Waals surface area contributed by atoms with E-state index in [4.69, 9.17) is 11.8 Å². The lowest BCUT2D eigenvalue weighted by molar-refractivity contribution is 1.65. The highest BCUT2D eigenvalue weighted by Gasteiger charge is 1.88. The van der Waals surface area contributed by atoms with Crippen molar-refractivity contribution in [3.63, 3.8) is 0 Å². The monoisotopic (exact) mass is 138 g/mol. The molecule has 2 heteroatoms. The van der Waals surface area contributed by atoms with Gasteiger partial charge in [-0.15, -0.1) is 0 Å². The van der Waals surface area contributed by atoms with Crippen LogP contribution in [-0.2, 0) is 0 Å². The van der Waals surface area contributed by atoms with Gasteiger partial charge in [0.2, 0.25) is 0 Å². The summed E-state index contributed by atoms with van der Waals surface area (Å²) in [5, 5.41) is 0. The van der Waals surface area contributed by atoms with Gasteiger partial charge in [-0.1, -0.05) is 18.2 Å². The average molecular weight is 139 g/mol. The number of hydrogen-bond donors (Lipinski definition) is 0. The molecule has 0 fully saturated rings. The van der Waals surface area contributed by atoms with Gasteiger partial charge in [0.25, 0.3) is 0 Å². The molecule has 0 amide bonds. The quantitative estimate of drug-likeness (QED) is 0.519. The summed E-state index contributed by atoms with van der Waals surface area (Å²) in [6.45, 7) is 0. The molecule has 1 aromatic rings. The van der Waals surface area contributed by atoms with E-state index in [0.717, 1.165) is 5.56 Å². The Bertz CT molecular complexity index is 232. The second-order valence-corrected chi connectivity index (χ2v) is 1.73. The molecule has 1 rings (SSSR count). The van der Waals surface area contributed by atoms with Crippen LogP contribution in [0.1, 0.15) is 5.56 Å². The molecule has 0 bridgehead atoms. The Balaban J connectivity index is 2.94. The minimum atomic E-state index is 0.896. The first kappa shape index (κ1) is 6.12. The number of nitrogens with zero attached hydrogens (tertiary/aromatic N) is 1. The molecule has 44 valence electrons. The Morgan fingerprint density at radius 2 is 1.89 bits per heavy atom. The van der Waals surface area contributed by atoms with E-state index in [9.17, 15) is 0 Å². The second kappa shape index (κ2) is 3.11. The Morgan fingerprint density at radius 1 is 1.22 bits per heavy atom. The van der Waals surface area contributed by atoms with Crippen LogP contribution in [0, 0.1) is 6.07 Å². The smallest absolute Gasteiger partial charge is 0.0622 e. The van der Waals surface area contributed by atoms with E-state index in [1.54, 1.807) is 0 Å². The molecule has 1 aromatic carbocycles. The van der Waals surface area contributed by atoms with Gasteiger partial charge in [-0.3, -0.25) is 0 Å². The van der Waals surface area contributed by atoms with Gasteiger partial charge in [0.15, 0.2) is 0 Å². The summed E-state index contributed by atoms with van der Waals surface area (Å²) in [7, 11) is 0. The van der Waals surface area contributed by atoms with Crippen LogP contribution in [-0.4, -0.2) is 0 Å². The maximum atomic E-state index is 5.05. The van der Waals surface area contributed by atoms with Crippen LogP contribution >= 0.6 is 11.8 Å². The molecule has 0 heterocycles. The van der Waals surface area contributed by atoms with Crippen LogP contribution in [0.25, 0.3) is 4.36 Å². The lowest BCUT2D eigenvalue weighted by Crippen LogP contribution is -1.66. The topological polar surface area (TPSA) is 4.36 Å². The highest BCUT2D eigenvalue weighted by molar-refractivity contribution is 6.23. The van der Waals surface area contributed by atoms with Crippen LogP contribution in [0.15, 0.2) is 30.3 Å². The highest BCUT2D eigenvalue weighted by atomic mass is 35.5. The van der Waals surface area contributed by atoms with Crippen molar-refractivity contribution in [2.45, 2.75) is 0 Å². The maximum Gasteiger partial charge on any atom is 0.426 e. The van der Waals surface area contributed by atoms with Gasteiger partial charge >= 0.3 is 17.8 Å². The summed E-state index contributed by atoms with van der Waals surface area (Å²) < 4.78 is 3.23. The fourth-order valence-corrected chi connectivity index (χ4v) is 0.659. The highest BCUT2D eigenvalue weighted by Crippen LogP contribution is 1.95. The third-order valence-electron chi connectivity index (χ3n) is 0.945. The summed E-state index contributed by atoms with van der Waals surface area (Å²) in [6, 6.07) is 12.1. The third kappa shape index (κ3) is 1.75. The maximum absolute atomic E-state index is 5.05. The lowest BCUT2D eigenvalue weighted by atomic mass is 10.2. The standard InChI is InChI=1S/C7H5ClN/c8-9-6-7-4-2-1-3-5-7/h1-5H/q+1. The summed E-state index contributed by atoms with van der Waals surface area (Å²) >= 11 is 5.05. The molecule has 0 aliphatic rings. The summed E-state index contributed by atoms with van der Waals surface area (Å²) in [6.07, 6.45) is 0. The lowest BCUT2D eigenvalue weighted by Gasteiger charge is -1.76. The minimum absolute atomic E-state index is 0.896. The summed E-state index contributed by atoms with van der Waals surface area (Å²) in [4.78, 5) is 0. The zero-order valence-corrected chi connectivity index (χ0v) is 5.47. The van der Waals surface area contributed by atoms with E-state index < -0.39 is 0 Å². The number of rotatable bonds is 0. The zero-order chi connectivity index (χ0) is 6.53. The third-order valence-corrected chi connectivity index (χ3v) is 1.03. The van der Waals surface area contributed by atoms with Crippen molar-refractivity contribution in [1.82, 2.24) is 0 Å². The molecule has 0 radical (unpaired) electrons. The molecule has 1 nitrogen and oxygen atoms in total. The molecule has 0 spiro atoms. The van der Waals surface area contributed by atoms with Crippen LogP contribution in [0.4, 0.5) is 0 Å². The van der Waals surface area contributed by atoms with E-state index in [-0.39, 0.29) is 0 Å². The molecule has 0 unspecified atom stereocenters. The summed E-state index contributed by atoms with van der Waals surface area (Å²) in [5.41, 5.74) is 0.896. The fraction of sp³-hybridized carbons (Fsp3) is 0. The number of hydrogen-bond acceptors (Lipinski definition) is 0. The van der Waals surface area contributed by atoms with Gasteiger partial charge in [-0.05, 0) is 12.1 Å². The van der Waals surface area contributed by atoms with E-state index in [2.05, 4.69) is 10.4 Å². The van der Waals surface area contributed by atoms with Crippen molar-refractivity contribution in [2.75, 3.05) is 0 Å². The first-order valence-electron chi connectivity index (χ1n) is 2.55. The Labute approximate surface area is 58.8 Å². The minimum Gasteiger partial charge on any atom is -0.0622 e.